The molecular weight excluding hydrogens is 218 g/mol. The molecule has 0 radical (unpaired) electrons. The lowest BCUT2D eigenvalue weighted by molar-refractivity contribution is 0.253. The predicted molar refractivity (Wildman–Crippen MR) is 68.6 cm³/mol. The van der Waals surface area contributed by atoms with Gasteiger partial charge < -0.3 is 11.5 Å². The molecule has 1 saturated carbocycles. The fourth-order valence-electron chi connectivity index (χ4n) is 2.49. The predicted octanol–water partition coefficient (Wildman–Crippen LogP) is 2.26. The molecule has 0 bridgehead atoms. The molecule has 1 aliphatic rings. The maximum absolute atomic E-state index is 5.91. The van der Waals surface area contributed by atoms with Crippen LogP contribution in [0.4, 0.5) is 5.13 Å². The fourth-order valence-corrected chi connectivity index (χ4v) is 3.26. The number of benzene rings is 1. The Kier molecular flexibility index (Phi) is 2.16. The van der Waals surface area contributed by atoms with Gasteiger partial charge in [0.1, 0.15) is 0 Å². The van der Waals surface area contributed by atoms with Crippen LogP contribution in [-0.4, -0.2) is 11.5 Å². The SMILES string of the molecule is NCC1(c2ccc3nc(N)sc3c2)CCC1. The topological polar surface area (TPSA) is 64.9 Å². The van der Waals surface area contributed by atoms with Gasteiger partial charge in [-0.25, -0.2) is 4.98 Å². The first-order valence-electron chi connectivity index (χ1n) is 5.60. The molecule has 1 aromatic heterocycles. The maximum atomic E-state index is 5.91. The van der Waals surface area contributed by atoms with Crippen LogP contribution in [0.15, 0.2) is 18.2 Å². The fraction of sp³-hybridized carbons (Fsp3) is 0.417. The van der Waals surface area contributed by atoms with Crippen molar-refractivity contribution in [3.63, 3.8) is 0 Å². The van der Waals surface area contributed by atoms with Crippen molar-refractivity contribution in [2.24, 2.45) is 5.73 Å². The van der Waals surface area contributed by atoms with Gasteiger partial charge in [0, 0.05) is 12.0 Å². The molecule has 3 rings (SSSR count). The lowest BCUT2D eigenvalue weighted by atomic mass is 9.64. The Morgan fingerprint density at radius 1 is 1.38 bits per heavy atom. The Balaban J connectivity index is 2.10. The molecule has 2 aromatic rings. The van der Waals surface area contributed by atoms with Crippen LogP contribution in [0.2, 0.25) is 0 Å². The van der Waals surface area contributed by atoms with Crippen molar-refractivity contribution in [3.05, 3.63) is 23.8 Å². The second-order valence-electron chi connectivity index (χ2n) is 4.57. The highest BCUT2D eigenvalue weighted by Gasteiger charge is 2.37. The summed E-state index contributed by atoms with van der Waals surface area (Å²) in [4.78, 5) is 4.27. The summed E-state index contributed by atoms with van der Waals surface area (Å²) in [6.45, 7) is 0.743. The van der Waals surface area contributed by atoms with Gasteiger partial charge in [0.15, 0.2) is 5.13 Å². The minimum Gasteiger partial charge on any atom is -0.375 e. The number of anilines is 1. The van der Waals surface area contributed by atoms with Crippen molar-refractivity contribution in [2.45, 2.75) is 24.7 Å². The summed E-state index contributed by atoms with van der Waals surface area (Å²) >= 11 is 1.55. The highest BCUT2D eigenvalue weighted by Crippen LogP contribution is 2.43. The van der Waals surface area contributed by atoms with Crippen LogP contribution in [0.3, 0.4) is 0 Å². The summed E-state index contributed by atoms with van der Waals surface area (Å²) in [5.74, 6) is 0. The van der Waals surface area contributed by atoms with E-state index in [0.29, 0.717) is 5.13 Å². The highest BCUT2D eigenvalue weighted by atomic mass is 32.1. The molecule has 0 saturated heterocycles. The quantitative estimate of drug-likeness (QED) is 0.836. The average Bonchev–Trinajstić information content (AvgIpc) is 2.56. The van der Waals surface area contributed by atoms with E-state index in [9.17, 15) is 0 Å². The van der Waals surface area contributed by atoms with Crippen LogP contribution in [-0.2, 0) is 5.41 Å². The van der Waals surface area contributed by atoms with Gasteiger partial charge in [-0.2, -0.15) is 0 Å². The minimum atomic E-state index is 0.229. The van der Waals surface area contributed by atoms with Crippen LogP contribution in [0.25, 0.3) is 10.2 Å². The molecule has 1 aromatic carbocycles. The van der Waals surface area contributed by atoms with Crippen LogP contribution in [0, 0.1) is 0 Å². The molecule has 0 unspecified atom stereocenters. The second kappa shape index (κ2) is 3.43. The molecule has 4 N–H and O–H groups in total. The Bertz CT molecular complexity index is 523. The molecule has 16 heavy (non-hydrogen) atoms. The normalized spacial score (nSPS) is 18.6. The Hall–Kier alpha value is -1.13. The van der Waals surface area contributed by atoms with E-state index in [2.05, 4.69) is 23.2 Å². The minimum absolute atomic E-state index is 0.229. The monoisotopic (exact) mass is 233 g/mol. The molecule has 4 heteroatoms. The molecular formula is C12H15N3S. The summed E-state index contributed by atoms with van der Waals surface area (Å²) < 4.78 is 1.18. The molecule has 0 spiro atoms. The third-order valence-electron chi connectivity index (χ3n) is 3.72. The molecule has 0 amide bonds. The van der Waals surface area contributed by atoms with Crippen molar-refractivity contribution < 1.29 is 0 Å². The molecule has 1 heterocycles. The number of rotatable bonds is 2. The average molecular weight is 233 g/mol. The zero-order valence-electron chi connectivity index (χ0n) is 9.07. The first kappa shape index (κ1) is 10.1. The number of fused-ring (bicyclic) bond motifs is 1. The Morgan fingerprint density at radius 3 is 2.81 bits per heavy atom. The number of thiazole rings is 1. The van der Waals surface area contributed by atoms with Gasteiger partial charge in [-0.15, -0.1) is 0 Å². The van der Waals surface area contributed by atoms with E-state index in [0.717, 1.165) is 12.1 Å². The first-order chi connectivity index (χ1) is 7.73. The molecule has 0 atom stereocenters. The number of nitrogens with zero attached hydrogens (tertiary/aromatic N) is 1. The Morgan fingerprint density at radius 2 is 2.19 bits per heavy atom. The molecule has 3 nitrogen and oxygen atoms in total. The van der Waals surface area contributed by atoms with Crippen molar-refractivity contribution in [3.8, 4) is 0 Å². The zero-order chi connectivity index (χ0) is 11.2. The van der Waals surface area contributed by atoms with Crippen LogP contribution in [0.1, 0.15) is 24.8 Å². The first-order valence-corrected chi connectivity index (χ1v) is 6.42. The standard InChI is InChI=1S/C12H15N3S/c13-7-12(4-1-5-12)8-2-3-9-10(6-8)16-11(14)15-9/h2-3,6H,1,4-5,7,13H2,(H2,14,15). The van der Waals surface area contributed by atoms with E-state index >= 15 is 0 Å². The van der Waals surface area contributed by atoms with Crippen LogP contribution in [0.5, 0.6) is 0 Å². The number of aromatic nitrogens is 1. The number of hydrogen-bond acceptors (Lipinski definition) is 4. The van der Waals surface area contributed by atoms with E-state index in [4.69, 9.17) is 11.5 Å². The van der Waals surface area contributed by atoms with E-state index in [-0.39, 0.29) is 5.41 Å². The van der Waals surface area contributed by atoms with Crippen molar-refractivity contribution in [1.82, 2.24) is 4.98 Å². The third-order valence-corrected chi connectivity index (χ3v) is 4.57. The number of nitrogen functional groups attached to an aromatic ring is 1. The largest absolute Gasteiger partial charge is 0.375 e. The maximum Gasteiger partial charge on any atom is 0.181 e. The molecule has 1 fully saturated rings. The van der Waals surface area contributed by atoms with E-state index in [1.807, 2.05) is 0 Å². The van der Waals surface area contributed by atoms with Gasteiger partial charge in [0.2, 0.25) is 0 Å². The van der Waals surface area contributed by atoms with Crippen LogP contribution < -0.4 is 11.5 Å². The van der Waals surface area contributed by atoms with Gasteiger partial charge in [-0.1, -0.05) is 23.8 Å². The second-order valence-corrected chi connectivity index (χ2v) is 5.63. The molecule has 84 valence electrons. The number of nitrogens with two attached hydrogens (primary N) is 2. The smallest absolute Gasteiger partial charge is 0.181 e. The summed E-state index contributed by atoms with van der Waals surface area (Å²) in [7, 11) is 0. The van der Waals surface area contributed by atoms with Crippen molar-refractivity contribution >= 4 is 26.7 Å². The summed E-state index contributed by atoms with van der Waals surface area (Å²) in [5.41, 5.74) is 14.2. The van der Waals surface area contributed by atoms with E-state index in [1.54, 1.807) is 11.3 Å². The van der Waals surface area contributed by atoms with Gasteiger partial charge in [-0.05, 0) is 30.5 Å². The van der Waals surface area contributed by atoms with Crippen molar-refractivity contribution in [1.29, 1.82) is 0 Å². The highest BCUT2D eigenvalue weighted by molar-refractivity contribution is 7.22. The summed E-state index contributed by atoms with van der Waals surface area (Å²) in [6.07, 6.45) is 3.71. The Labute approximate surface area is 98.5 Å². The molecule has 1 aliphatic carbocycles. The summed E-state index contributed by atoms with van der Waals surface area (Å²) in [6, 6.07) is 6.44. The zero-order valence-corrected chi connectivity index (χ0v) is 9.89. The number of hydrogen-bond donors (Lipinski definition) is 2. The van der Waals surface area contributed by atoms with Gasteiger partial charge in [0.25, 0.3) is 0 Å². The molecule has 0 aliphatic heterocycles. The lowest BCUT2D eigenvalue weighted by Crippen LogP contribution is -2.41. The van der Waals surface area contributed by atoms with Crippen molar-refractivity contribution in [2.75, 3.05) is 12.3 Å². The third kappa shape index (κ3) is 1.33. The van der Waals surface area contributed by atoms with E-state index in [1.165, 1.54) is 29.5 Å². The van der Waals surface area contributed by atoms with E-state index < -0.39 is 0 Å². The van der Waals surface area contributed by atoms with Gasteiger partial charge in [-0.3, -0.25) is 0 Å². The summed E-state index contributed by atoms with van der Waals surface area (Å²) in [5, 5.41) is 0.641. The van der Waals surface area contributed by atoms with Gasteiger partial charge >= 0.3 is 0 Å². The van der Waals surface area contributed by atoms with Crippen LogP contribution >= 0.6 is 11.3 Å². The lowest BCUT2D eigenvalue weighted by Gasteiger charge is -2.41. The van der Waals surface area contributed by atoms with Gasteiger partial charge in [0.05, 0.1) is 10.2 Å².